The lowest BCUT2D eigenvalue weighted by molar-refractivity contribution is 0.165. The van der Waals surface area contributed by atoms with Crippen LogP contribution in [0.15, 0.2) is 0 Å². The topological polar surface area (TPSA) is 3.24 Å². The Bertz CT molecular complexity index is 211. The predicted octanol–water partition coefficient (Wildman–Crippen LogP) is 4.62. The molecule has 1 rings (SSSR count). The zero-order valence-electron chi connectivity index (χ0n) is 12.7. The van der Waals surface area contributed by atoms with Gasteiger partial charge >= 0.3 is 0 Å². The van der Waals surface area contributed by atoms with Crippen LogP contribution in [0, 0.1) is 11.3 Å². The fraction of sp³-hybridized carbons (Fsp3) is 1.00. The first-order valence-corrected chi connectivity index (χ1v) is 8.66. The van der Waals surface area contributed by atoms with Crippen molar-refractivity contribution in [2.45, 2.75) is 65.7 Å². The average molecular weight is 272 g/mol. The Morgan fingerprint density at radius 3 is 2.28 bits per heavy atom. The molecule has 2 heteroatoms. The molecule has 1 aliphatic rings. The maximum Gasteiger partial charge on any atom is 0.00459 e. The maximum atomic E-state index is 4.68. The van der Waals surface area contributed by atoms with Gasteiger partial charge in [0.25, 0.3) is 0 Å². The molecule has 0 amide bonds. The van der Waals surface area contributed by atoms with Crippen LogP contribution in [0.4, 0.5) is 0 Å². The molecule has 1 saturated heterocycles. The van der Waals surface area contributed by atoms with Crippen molar-refractivity contribution < 1.29 is 0 Å². The summed E-state index contributed by atoms with van der Waals surface area (Å²) in [4.78, 5) is 2.72. The molecule has 1 unspecified atom stereocenters. The Labute approximate surface area is 120 Å². The number of thiol groups is 1. The van der Waals surface area contributed by atoms with Crippen molar-refractivity contribution in [3.63, 3.8) is 0 Å². The molecule has 0 bridgehead atoms. The van der Waals surface area contributed by atoms with Gasteiger partial charge in [-0.1, -0.05) is 40.0 Å². The molecule has 0 spiro atoms. The van der Waals surface area contributed by atoms with E-state index >= 15 is 0 Å². The van der Waals surface area contributed by atoms with E-state index in [2.05, 4.69) is 38.3 Å². The molecular weight excluding hydrogens is 238 g/mol. The predicted molar refractivity (Wildman–Crippen MR) is 85.6 cm³/mol. The summed E-state index contributed by atoms with van der Waals surface area (Å²) in [7, 11) is 0. The van der Waals surface area contributed by atoms with Crippen molar-refractivity contribution in [3.05, 3.63) is 0 Å². The van der Waals surface area contributed by atoms with Gasteiger partial charge in [-0.3, -0.25) is 0 Å². The summed E-state index contributed by atoms with van der Waals surface area (Å²) >= 11 is 4.68. The molecule has 0 aliphatic carbocycles. The van der Waals surface area contributed by atoms with Crippen LogP contribution in [0.25, 0.3) is 0 Å². The number of rotatable bonds is 9. The molecule has 0 radical (unpaired) electrons. The molecule has 1 nitrogen and oxygen atoms in total. The standard InChI is InChI=1S/C16H33NS/c1-4-7-15-8-11-17(12-15)13-16(14-18,9-5-2)10-6-3/h15,18H,4-14H2,1-3H3. The van der Waals surface area contributed by atoms with Gasteiger partial charge < -0.3 is 4.90 Å². The van der Waals surface area contributed by atoms with Gasteiger partial charge in [-0.25, -0.2) is 0 Å². The summed E-state index contributed by atoms with van der Waals surface area (Å²) in [5.74, 6) is 2.03. The normalized spacial score (nSPS) is 21.7. The van der Waals surface area contributed by atoms with Crippen LogP contribution in [0.2, 0.25) is 0 Å². The second-order valence-corrected chi connectivity index (χ2v) is 6.65. The van der Waals surface area contributed by atoms with Gasteiger partial charge in [0.05, 0.1) is 0 Å². The van der Waals surface area contributed by atoms with E-state index in [9.17, 15) is 0 Å². The molecule has 1 fully saturated rings. The Morgan fingerprint density at radius 1 is 1.11 bits per heavy atom. The highest BCUT2D eigenvalue weighted by atomic mass is 32.1. The minimum absolute atomic E-state index is 0.480. The first kappa shape index (κ1) is 16.4. The van der Waals surface area contributed by atoms with E-state index in [1.807, 2.05) is 0 Å². The van der Waals surface area contributed by atoms with Crippen LogP contribution in [0.5, 0.6) is 0 Å². The van der Waals surface area contributed by atoms with Gasteiger partial charge in [-0.2, -0.15) is 12.6 Å². The maximum absolute atomic E-state index is 4.68. The summed E-state index contributed by atoms with van der Waals surface area (Å²) < 4.78 is 0. The van der Waals surface area contributed by atoms with Gasteiger partial charge in [0, 0.05) is 13.1 Å². The van der Waals surface area contributed by atoms with Crippen molar-refractivity contribution in [3.8, 4) is 0 Å². The minimum Gasteiger partial charge on any atom is -0.302 e. The Balaban J connectivity index is 2.50. The van der Waals surface area contributed by atoms with Crippen LogP contribution in [0.3, 0.4) is 0 Å². The number of likely N-dealkylation sites (tertiary alicyclic amines) is 1. The lowest BCUT2D eigenvalue weighted by Crippen LogP contribution is -2.38. The summed E-state index contributed by atoms with van der Waals surface area (Å²) in [6, 6.07) is 0. The van der Waals surface area contributed by atoms with Crippen molar-refractivity contribution in [1.29, 1.82) is 0 Å². The summed E-state index contributed by atoms with van der Waals surface area (Å²) in [6.07, 6.45) is 9.49. The third-order valence-corrected chi connectivity index (χ3v) is 5.19. The zero-order valence-corrected chi connectivity index (χ0v) is 13.6. The third-order valence-electron chi connectivity index (χ3n) is 4.52. The van der Waals surface area contributed by atoms with Gasteiger partial charge in [0.1, 0.15) is 0 Å². The van der Waals surface area contributed by atoms with Crippen molar-refractivity contribution in [2.75, 3.05) is 25.4 Å². The van der Waals surface area contributed by atoms with E-state index < -0.39 is 0 Å². The molecular formula is C16H33NS. The highest BCUT2D eigenvalue weighted by Gasteiger charge is 2.32. The van der Waals surface area contributed by atoms with E-state index in [-0.39, 0.29) is 0 Å². The number of hydrogen-bond donors (Lipinski definition) is 1. The minimum atomic E-state index is 0.480. The lowest BCUT2D eigenvalue weighted by atomic mass is 9.80. The van der Waals surface area contributed by atoms with Crippen molar-refractivity contribution in [2.24, 2.45) is 11.3 Å². The van der Waals surface area contributed by atoms with Gasteiger partial charge in [-0.15, -0.1) is 0 Å². The molecule has 1 heterocycles. The van der Waals surface area contributed by atoms with Gasteiger partial charge in [0.15, 0.2) is 0 Å². The molecule has 0 aromatic rings. The molecule has 0 N–H and O–H groups in total. The summed E-state index contributed by atoms with van der Waals surface area (Å²) in [6.45, 7) is 10.9. The summed E-state index contributed by atoms with van der Waals surface area (Å²) in [5.41, 5.74) is 0.480. The number of hydrogen-bond acceptors (Lipinski definition) is 2. The monoisotopic (exact) mass is 271 g/mol. The smallest absolute Gasteiger partial charge is 0.00459 e. The highest BCUT2D eigenvalue weighted by Crippen LogP contribution is 2.34. The fourth-order valence-corrected chi connectivity index (χ4v) is 4.14. The van der Waals surface area contributed by atoms with Crippen molar-refractivity contribution in [1.82, 2.24) is 4.90 Å². The fourth-order valence-electron chi connectivity index (χ4n) is 3.73. The van der Waals surface area contributed by atoms with Crippen LogP contribution in [-0.4, -0.2) is 30.3 Å². The Hall–Kier alpha value is 0.310. The molecule has 1 atom stereocenters. The van der Waals surface area contributed by atoms with Crippen LogP contribution >= 0.6 is 12.6 Å². The highest BCUT2D eigenvalue weighted by molar-refractivity contribution is 7.80. The van der Waals surface area contributed by atoms with Crippen LogP contribution in [-0.2, 0) is 0 Å². The molecule has 0 aromatic carbocycles. The third kappa shape index (κ3) is 4.77. The first-order valence-electron chi connectivity index (χ1n) is 8.03. The lowest BCUT2D eigenvalue weighted by Gasteiger charge is -2.36. The van der Waals surface area contributed by atoms with E-state index in [4.69, 9.17) is 0 Å². The molecule has 0 aromatic heterocycles. The average Bonchev–Trinajstić information content (AvgIpc) is 2.77. The quantitative estimate of drug-likeness (QED) is 0.599. The first-order chi connectivity index (χ1) is 8.69. The second-order valence-electron chi connectivity index (χ2n) is 6.34. The van der Waals surface area contributed by atoms with E-state index in [0.29, 0.717) is 5.41 Å². The molecule has 0 saturated carbocycles. The molecule has 108 valence electrons. The Kier molecular flexibility index (Phi) is 7.70. The van der Waals surface area contributed by atoms with Crippen LogP contribution < -0.4 is 0 Å². The van der Waals surface area contributed by atoms with Crippen molar-refractivity contribution >= 4 is 12.6 Å². The Morgan fingerprint density at radius 2 is 1.78 bits per heavy atom. The van der Waals surface area contributed by atoms with Crippen LogP contribution in [0.1, 0.15) is 65.7 Å². The second kappa shape index (κ2) is 8.47. The van der Waals surface area contributed by atoms with E-state index in [1.165, 1.54) is 64.6 Å². The van der Waals surface area contributed by atoms with Gasteiger partial charge in [-0.05, 0) is 49.3 Å². The molecule has 1 aliphatic heterocycles. The molecule has 18 heavy (non-hydrogen) atoms. The zero-order chi connectivity index (χ0) is 13.4. The SMILES string of the molecule is CCCC1CCN(CC(CS)(CCC)CCC)C1. The summed E-state index contributed by atoms with van der Waals surface area (Å²) in [5, 5.41) is 0. The van der Waals surface area contributed by atoms with Gasteiger partial charge in [0.2, 0.25) is 0 Å². The van der Waals surface area contributed by atoms with E-state index in [0.717, 1.165) is 11.7 Å². The number of nitrogens with zero attached hydrogens (tertiary/aromatic N) is 1. The largest absolute Gasteiger partial charge is 0.302 e. The van der Waals surface area contributed by atoms with E-state index in [1.54, 1.807) is 0 Å².